The second-order valence-corrected chi connectivity index (χ2v) is 3.91. The van der Waals surface area contributed by atoms with E-state index >= 15 is 0 Å². The van der Waals surface area contributed by atoms with E-state index in [4.69, 9.17) is 0 Å². The van der Waals surface area contributed by atoms with E-state index < -0.39 is 0 Å². The molecule has 0 fully saturated rings. The second-order valence-electron chi connectivity index (χ2n) is 3.91. The summed E-state index contributed by atoms with van der Waals surface area (Å²) in [7, 11) is 0. The van der Waals surface area contributed by atoms with E-state index in [1.54, 1.807) is 0 Å². The molecule has 4 nitrogen and oxygen atoms in total. The van der Waals surface area contributed by atoms with Crippen molar-refractivity contribution in [2.24, 2.45) is 0 Å². The molecule has 2 rings (SSSR count). The minimum Gasteiger partial charge on any atom is -0.350 e. The van der Waals surface area contributed by atoms with Gasteiger partial charge < -0.3 is 10.6 Å². The summed E-state index contributed by atoms with van der Waals surface area (Å²) in [6.07, 6.45) is 0.511. The van der Waals surface area contributed by atoms with Crippen molar-refractivity contribution in [3.63, 3.8) is 0 Å². The van der Waals surface area contributed by atoms with Gasteiger partial charge in [-0.2, -0.15) is 0 Å². The van der Waals surface area contributed by atoms with Crippen molar-refractivity contribution < 1.29 is 9.59 Å². The van der Waals surface area contributed by atoms with Crippen molar-refractivity contribution in [2.45, 2.75) is 6.54 Å². The summed E-state index contributed by atoms with van der Waals surface area (Å²) in [6, 6.07) is 14.0. The lowest BCUT2D eigenvalue weighted by atomic mass is 10.0. The zero-order chi connectivity index (χ0) is 12.8. The Hall–Kier alpha value is -2.36. The summed E-state index contributed by atoms with van der Waals surface area (Å²) in [5.41, 5.74) is 1.06. The molecule has 4 heteroatoms. The first-order valence-electron chi connectivity index (χ1n) is 5.71. The molecular formula is C14H14N2O2. The van der Waals surface area contributed by atoms with Gasteiger partial charge in [0.15, 0.2) is 0 Å². The molecule has 2 N–H and O–H groups in total. The van der Waals surface area contributed by atoms with Crippen LogP contribution in [0.4, 0.5) is 0 Å². The molecule has 0 bridgehead atoms. The summed E-state index contributed by atoms with van der Waals surface area (Å²) in [5, 5.41) is 7.37. The van der Waals surface area contributed by atoms with E-state index in [1.807, 2.05) is 42.5 Å². The van der Waals surface area contributed by atoms with E-state index in [0.717, 1.165) is 16.3 Å². The Morgan fingerprint density at radius 3 is 2.72 bits per heavy atom. The van der Waals surface area contributed by atoms with Crippen LogP contribution in [0.15, 0.2) is 42.5 Å². The van der Waals surface area contributed by atoms with Crippen LogP contribution in [0, 0.1) is 0 Å². The minimum absolute atomic E-state index is 0.00820. The maximum Gasteiger partial charge on any atom is 0.239 e. The van der Waals surface area contributed by atoms with Crippen LogP contribution < -0.4 is 10.6 Å². The highest BCUT2D eigenvalue weighted by Crippen LogP contribution is 2.17. The fourth-order valence-corrected chi connectivity index (χ4v) is 1.84. The van der Waals surface area contributed by atoms with Crippen LogP contribution in [0.3, 0.4) is 0 Å². The lowest BCUT2D eigenvalue weighted by Gasteiger charge is -2.08. The maximum absolute atomic E-state index is 11.4. The molecule has 0 spiro atoms. The molecule has 18 heavy (non-hydrogen) atoms. The van der Waals surface area contributed by atoms with Gasteiger partial charge in [-0.3, -0.25) is 9.59 Å². The average Bonchev–Trinajstić information content (AvgIpc) is 2.42. The zero-order valence-electron chi connectivity index (χ0n) is 9.85. The highest BCUT2D eigenvalue weighted by molar-refractivity contribution is 5.86. The Labute approximate surface area is 105 Å². The molecule has 0 saturated heterocycles. The first kappa shape index (κ1) is 12.1. The normalized spacial score (nSPS) is 10.0. The van der Waals surface area contributed by atoms with Gasteiger partial charge in [-0.25, -0.2) is 0 Å². The number of hydrogen-bond donors (Lipinski definition) is 2. The quantitative estimate of drug-likeness (QED) is 0.774. The van der Waals surface area contributed by atoms with Crippen molar-refractivity contribution in [1.82, 2.24) is 10.6 Å². The van der Waals surface area contributed by atoms with Crippen LogP contribution >= 0.6 is 0 Å². The lowest BCUT2D eigenvalue weighted by Crippen LogP contribution is -2.32. The topological polar surface area (TPSA) is 58.2 Å². The Kier molecular flexibility index (Phi) is 3.91. The molecule has 0 aliphatic rings. The van der Waals surface area contributed by atoms with Gasteiger partial charge in [-0.15, -0.1) is 0 Å². The number of nitrogens with one attached hydrogen (secondary N) is 2. The molecular weight excluding hydrogens is 228 g/mol. The molecule has 92 valence electrons. The van der Waals surface area contributed by atoms with Crippen LogP contribution in [0.25, 0.3) is 10.8 Å². The van der Waals surface area contributed by atoms with E-state index in [-0.39, 0.29) is 12.5 Å². The van der Waals surface area contributed by atoms with Crippen molar-refractivity contribution in [1.29, 1.82) is 0 Å². The molecule has 2 aromatic carbocycles. The molecule has 0 aromatic heterocycles. The van der Waals surface area contributed by atoms with Gasteiger partial charge in [0, 0.05) is 6.54 Å². The zero-order valence-corrected chi connectivity index (χ0v) is 9.85. The summed E-state index contributed by atoms with van der Waals surface area (Å²) in [5.74, 6) is -0.199. The third-order valence-electron chi connectivity index (χ3n) is 2.70. The molecule has 0 saturated carbocycles. The number of carbonyl (C=O) groups excluding carboxylic acids is 2. The number of benzene rings is 2. The Morgan fingerprint density at radius 1 is 1.11 bits per heavy atom. The highest BCUT2D eigenvalue weighted by atomic mass is 16.2. The van der Waals surface area contributed by atoms with Gasteiger partial charge in [0.05, 0.1) is 6.54 Å². The lowest BCUT2D eigenvalue weighted by molar-refractivity contribution is -0.122. The summed E-state index contributed by atoms with van der Waals surface area (Å²) >= 11 is 0. The van der Waals surface area contributed by atoms with Gasteiger partial charge in [-0.1, -0.05) is 42.5 Å². The summed E-state index contributed by atoms with van der Waals surface area (Å²) < 4.78 is 0. The van der Waals surface area contributed by atoms with E-state index in [9.17, 15) is 9.59 Å². The Balaban J connectivity index is 2.08. The number of carbonyl (C=O) groups is 2. The van der Waals surface area contributed by atoms with Crippen LogP contribution in [0.2, 0.25) is 0 Å². The third kappa shape index (κ3) is 2.85. The van der Waals surface area contributed by atoms with E-state index in [1.165, 1.54) is 0 Å². The molecule has 0 radical (unpaired) electrons. The monoisotopic (exact) mass is 242 g/mol. The SMILES string of the molecule is O=CNCC(=O)NCc1cccc2ccccc12. The highest BCUT2D eigenvalue weighted by Gasteiger charge is 2.03. The molecule has 2 aromatic rings. The predicted molar refractivity (Wildman–Crippen MR) is 69.9 cm³/mol. The molecule has 0 unspecified atom stereocenters. The van der Waals surface area contributed by atoms with Crippen LogP contribution in [-0.2, 0) is 16.1 Å². The number of fused-ring (bicyclic) bond motifs is 1. The van der Waals surface area contributed by atoms with E-state index in [0.29, 0.717) is 13.0 Å². The molecule has 2 amide bonds. The van der Waals surface area contributed by atoms with Crippen molar-refractivity contribution >= 4 is 23.1 Å². The maximum atomic E-state index is 11.4. The molecule has 0 heterocycles. The average molecular weight is 242 g/mol. The molecule has 0 aliphatic carbocycles. The van der Waals surface area contributed by atoms with Crippen LogP contribution in [-0.4, -0.2) is 18.9 Å². The second kappa shape index (κ2) is 5.82. The largest absolute Gasteiger partial charge is 0.350 e. The third-order valence-corrected chi connectivity index (χ3v) is 2.70. The van der Waals surface area contributed by atoms with Crippen molar-refractivity contribution in [3.8, 4) is 0 Å². The van der Waals surface area contributed by atoms with Crippen molar-refractivity contribution in [2.75, 3.05) is 6.54 Å². The predicted octanol–water partition coefficient (Wildman–Crippen LogP) is 1.20. The van der Waals surface area contributed by atoms with Gasteiger partial charge in [-0.05, 0) is 16.3 Å². The standard InChI is InChI=1S/C14H14N2O2/c17-10-15-9-14(18)16-8-12-6-3-5-11-4-1-2-7-13(11)12/h1-7,10H,8-9H2,(H,15,17)(H,16,18). The van der Waals surface area contributed by atoms with Gasteiger partial charge >= 0.3 is 0 Å². The number of rotatable bonds is 5. The summed E-state index contributed by atoms with van der Waals surface area (Å²) in [4.78, 5) is 21.4. The number of amides is 2. The fourth-order valence-electron chi connectivity index (χ4n) is 1.84. The Bertz CT molecular complexity index is 561. The van der Waals surface area contributed by atoms with Crippen LogP contribution in [0.5, 0.6) is 0 Å². The fraction of sp³-hybridized carbons (Fsp3) is 0.143. The minimum atomic E-state index is -0.199. The summed E-state index contributed by atoms with van der Waals surface area (Å²) in [6.45, 7) is 0.467. The Morgan fingerprint density at radius 2 is 1.89 bits per heavy atom. The molecule has 0 atom stereocenters. The van der Waals surface area contributed by atoms with Crippen molar-refractivity contribution in [3.05, 3.63) is 48.0 Å². The first-order valence-corrected chi connectivity index (χ1v) is 5.71. The smallest absolute Gasteiger partial charge is 0.239 e. The van der Waals surface area contributed by atoms with Gasteiger partial charge in [0.1, 0.15) is 0 Å². The molecule has 0 aliphatic heterocycles. The first-order chi connectivity index (χ1) is 8.81. The van der Waals surface area contributed by atoms with Gasteiger partial charge in [0.25, 0.3) is 0 Å². The van der Waals surface area contributed by atoms with E-state index in [2.05, 4.69) is 10.6 Å². The number of hydrogen-bond acceptors (Lipinski definition) is 2. The van der Waals surface area contributed by atoms with Gasteiger partial charge in [0.2, 0.25) is 12.3 Å². The van der Waals surface area contributed by atoms with Crippen LogP contribution in [0.1, 0.15) is 5.56 Å².